The Morgan fingerprint density at radius 2 is 1.80 bits per heavy atom. The zero-order valence-electron chi connectivity index (χ0n) is 14.0. The van der Waals surface area contributed by atoms with Crippen molar-refractivity contribution in [1.29, 1.82) is 0 Å². The summed E-state index contributed by atoms with van der Waals surface area (Å²) in [4.78, 5) is 6.29. The van der Waals surface area contributed by atoms with E-state index in [1.807, 2.05) is 0 Å². The fraction of sp³-hybridized carbons (Fsp3) is 0.421. The Hall–Kier alpha value is -2.05. The van der Waals surface area contributed by atoms with E-state index in [0.717, 1.165) is 18.7 Å². The van der Waals surface area contributed by atoms with Gasteiger partial charge in [-0.2, -0.15) is 0 Å². The van der Waals surface area contributed by atoms with Crippen molar-refractivity contribution in [2.75, 3.05) is 19.7 Å². The van der Waals surface area contributed by atoms with Crippen LogP contribution in [0.1, 0.15) is 25.0 Å². The van der Waals surface area contributed by atoms with Gasteiger partial charge in [0.25, 0.3) is 0 Å². The molecular formula is C19H22F2N2O2. The van der Waals surface area contributed by atoms with Gasteiger partial charge in [-0.1, -0.05) is 0 Å². The molecule has 0 spiro atoms. The summed E-state index contributed by atoms with van der Waals surface area (Å²) in [5.74, 6) is -0.107. The molecule has 1 aromatic heterocycles. The monoisotopic (exact) mass is 348 g/mol. The van der Waals surface area contributed by atoms with Gasteiger partial charge in [0.2, 0.25) is 0 Å². The number of aliphatic hydroxyl groups is 1. The van der Waals surface area contributed by atoms with Crippen molar-refractivity contribution in [1.82, 2.24) is 9.88 Å². The lowest BCUT2D eigenvalue weighted by atomic mass is 9.96. The third-order valence-electron chi connectivity index (χ3n) is 4.51. The zero-order chi connectivity index (χ0) is 17.7. The van der Waals surface area contributed by atoms with Crippen molar-refractivity contribution in [3.8, 4) is 5.75 Å². The average molecular weight is 348 g/mol. The highest BCUT2D eigenvalue weighted by Gasteiger charge is 2.31. The Bertz CT molecular complexity index is 679. The second-order valence-electron chi connectivity index (χ2n) is 6.56. The average Bonchev–Trinajstić information content (AvgIpc) is 2.79. The van der Waals surface area contributed by atoms with Gasteiger partial charge in [0, 0.05) is 13.1 Å². The Kier molecular flexibility index (Phi) is 5.60. The van der Waals surface area contributed by atoms with E-state index in [-0.39, 0.29) is 18.2 Å². The molecule has 1 aliphatic rings. The van der Waals surface area contributed by atoms with Gasteiger partial charge < -0.3 is 9.84 Å². The van der Waals surface area contributed by atoms with E-state index < -0.39 is 5.60 Å². The molecule has 6 heteroatoms. The first kappa shape index (κ1) is 17.8. The molecule has 0 bridgehead atoms. The number of rotatable bonds is 5. The predicted octanol–water partition coefficient (Wildman–Crippen LogP) is 3.16. The molecule has 1 atom stereocenters. The summed E-state index contributed by atoms with van der Waals surface area (Å²) in [5.41, 5.74) is -0.0892. The molecule has 2 aromatic rings. The Morgan fingerprint density at radius 1 is 1.04 bits per heavy atom. The van der Waals surface area contributed by atoms with Crippen molar-refractivity contribution < 1.29 is 18.6 Å². The van der Waals surface area contributed by atoms with Crippen LogP contribution in [-0.2, 0) is 6.54 Å². The van der Waals surface area contributed by atoms with Crippen molar-refractivity contribution in [2.24, 2.45) is 0 Å². The molecule has 25 heavy (non-hydrogen) atoms. The summed E-state index contributed by atoms with van der Waals surface area (Å²) in [6.45, 7) is 2.37. The molecular weight excluding hydrogens is 326 g/mol. The van der Waals surface area contributed by atoms with Crippen LogP contribution in [0.5, 0.6) is 5.75 Å². The maximum Gasteiger partial charge on any atom is 0.141 e. The van der Waals surface area contributed by atoms with Gasteiger partial charge in [-0.15, -0.1) is 0 Å². The number of aromatic nitrogens is 1. The first-order valence-corrected chi connectivity index (χ1v) is 8.46. The lowest BCUT2D eigenvalue weighted by Crippen LogP contribution is -2.37. The molecule has 0 amide bonds. The van der Waals surface area contributed by atoms with E-state index in [9.17, 15) is 13.9 Å². The standard InChI is InChI=1S/C19H22F2N2O2/c20-15-3-6-18(7-4-15)25-14-19(24)8-1-10-23(11-9-19)13-17-5-2-16(21)12-22-17/h2-7,12,24H,1,8-11,13-14H2. The minimum absolute atomic E-state index is 0.182. The van der Waals surface area contributed by atoms with Crippen molar-refractivity contribution >= 4 is 0 Å². The summed E-state index contributed by atoms with van der Waals surface area (Å²) in [6.07, 6.45) is 3.28. The minimum Gasteiger partial charge on any atom is -0.491 e. The van der Waals surface area contributed by atoms with Gasteiger partial charge in [0.15, 0.2) is 0 Å². The summed E-state index contributed by atoms with van der Waals surface area (Å²) in [5, 5.41) is 10.8. The molecule has 1 N–H and O–H groups in total. The fourth-order valence-electron chi connectivity index (χ4n) is 3.01. The Morgan fingerprint density at radius 3 is 2.52 bits per heavy atom. The van der Waals surface area contributed by atoms with Crippen LogP contribution in [0.2, 0.25) is 0 Å². The van der Waals surface area contributed by atoms with Gasteiger partial charge in [0.05, 0.1) is 17.5 Å². The largest absolute Gasteiger partial charge is 0.491 e. The van der Waals surface area contributed by atoms with Crippen LogP contribution in [0.15, 0.2) is 42.6 Å². The summed E-state index contributed by atoms with van der Waals surface area (Å²) < 4.78 is 31.5. The van der Waals surface area contributed by atoms with E-state index in [1.165, 1.54) is 24.4 Å². The molecule has 0 aliphatic carbocycles. The van der Waals surface area contributed by atoms with Crippen molar-refractivity contribution in [2.45, 2.75) is 31.4 Å². The van der Waals surface area contributed by atoms with Crippen LogP contribution < -0.4 is 4.74 Å². The first-order valence-electron chi connectivity index (χ1n) is 8.46. The number of hydrogen-bond donors (Lipinski definition) is 1. The lowest BCUT2D eigenvalue weighted by molar-refractivity contribution is -0.0168. The van der Waals surface area contributed by atoms with Gasteiger partial charge in [-0.25, -0.2) is 8.78 Å². The summed E-state index contributed by atoms with van der Waals surface area (Å²) in [6, 6.07) is 8.88. The first-order chi connectivity index (χ1) is 12.0. The van der Waals surface area contributed by atoms with Gasteiger partial charge in [-0.05, 0) is 62.2 Å². The van der Waals surface area contributed by atoms with E-state index >= 15 is 0 Å². The van der Waals surface area contributed by atoms with E-state index in [1.54, 1.807) is 18.2 Å². The molecule has 1 unspecified atom stereocenters. The fourth-order valence-corrected chi connectivity index (χ4v) is 3.01. The molecule has 134 valence electrons. The molecule has 0 saturated carbocycles. The van der Waals surface area contributed by atoms with Crippen molar-refractivity contribution in [3.05, 3.63) is 59.9 Å². The topological polar surface area (TPSA) is 45.6 Å². The van der Waals surface area contributed by atoms with Gasteiger partial charge >= 0.3 is 0 Å². The molecule has 4 nitrogen and oxygen atoms in total. The Balaban J connectivity index is 1.52. The van der Waals surface area contributed by atoms with Gasteiger partial charge in [-0.3, -0.25) is 9.88 Å². The van der Waals surface area contributed by atoms with Crippen LogP contribution in [0, 0.1) is 11.6 Å². The summed E-state index contributed by atoms with van der Waals surface area (Å²) >= 11 is 0. The maximum atomic E-state index is 12.9. The number of nitrogens with zero attached hydrogens (tertiary/aromatic N) is 2. The number of pyridine rings is 1. The van der Waals surface area contributed by atoms with E-state index in [0.29, 0.717) is 31.7 Å². The van der Waals surface area contributed by atoms with E-state index in [4.69, 9.17) is 4.74 Å². The normalized spacial score (nSPS) is 21.7. The Labute approximate surface area is 146 Å². The van der Waals surface area contributed by atoms with E-state index in [2.05, 4.69) is 9.88 Å². The maximum absolute atomic E-state index is 12.9. The molecule has 1 saturated heterocycles. The lowest BCUT2D eigenvalue weighted by Gasteiger charge is -2.27. The second-order valence-corrected chi connectivity index (χ2v) is 6.56. The molecule has 2 heterocycles. The molecule has 1 fully saturated rings. The zero-order valence-corrected chi connectivity index (χ0v) is 14.0. The third kappa shape index (κ3) is 5.21. The van der Waals surface area contributed by atoms with Crippen LogP contribution in [0.3, 0.4) is 0 Å². The highest BCUT2D eigenvalue weighted by Crippen LogP contribution is 2.25. The minimum atomic E-state index is -0.903. The van der Waals surface area contributed by atoms with Gasteiger partial charge in [0.1, 0.15) is 24.0 Å². The highest BCUT2D eigenvalue weighted by molar-refractivity contribution is 5.22. The smallest absolute Gasteiger partial charge is 0.141 e. The predicted molar refractivity (Wildman–Crippen MR) is 90.2 cm³/mol. The number of halogens is 2. The summed E-state index contributed by atoms with van der Waals surface area (Å²) in [7, 11) is 0. The molecule has 0 radical (unpaired) electrons. The molecule has 1 aliphatic heterocycles. The second kappa shape index (κ2) is 7.89. The SMILES string of the molecule is OC1(COc2ccc(F)cc2)CCCN(Cc2ccc(F)cn2)CC1. The molecule has 3 rings (SSSR count). The molecule has 1 aromatic carbocycles. The van der Waals surface area contributed by atoms with Crippen LogP contribution in [0.4, 0.5) is 8.78 Å². The van der Waals surface area contributed by atoms with Crippen molar-refractivity contribution in [3.63, 3.8) is 0 Å². The van der Waals surface area contributed by atoms with Crippen LogP contribution in [-0.4, -0.2) is 40.3 Å². The van der Waals surface area contributed by atoms with Crippen LogP contribution >= 0.6 is 0 Å². The number of likely N-dealkylation sites (tertiary alicyclic amines) is 1. The quantitative estimate of drug-likeness (QED) is 0.902. The third-order valence-corrected chi connectivity index (χ3v) is 4.51. The number of ether oxygens (including phenoxy) is 1. The van der Waals surface area contributed by atoms with Crippen LogP contribution in [0.25, 0.3) is 0 Å². The number of benzene rings is 1. The number of hydrogen-bond acceptors (Lipinski definition) is 4. The highest BCUT2D eigenvalue weighted by atomic mass is 19.1.